The van der Waals surface area contributed by atoms with Gasteiger partial charge in [0.1, 0.15) is 0 Å². The Bertz CT molecular complexity index is 915. The summed E-state index contributed by atoms with van der Waals surface area (Å²) in [6, 6.07) is -0.638. The molecule has 0 rings (SSSR count). The van der Waals surface area contributed by atoms with Crippen LogP contribution < -0.4 is 5.32 Å². The molecule has 56 heavy (non-hydrogen) atoms. The first-order chi connectivity index (χ1) is 27.5. The SMILES string of the molecule is CCCCC/C=C\CCCCCCCC(=O)OCCCCCCCCC/C=C\CCCCCCCC(=O)NC(CO)C(O)/C=C/CCCCCCCCCCC. The summed E-state index contributed by atoms with van der Waals surface area (Å²) in [7, 11) is 0. The van der Waals surface area contributed by atoms with Crippen LogP contribution in [0.4, 0.5) is 0 Å². The standard InChI is InChI=1S/C50H93NO5/c1-3-5-7-9-11-13-15-24-28-32-36-40-44-50(55)56-45-41-37-33-29-25-21-19-17-16-18-20-23-27-31-35-39-43-49(54)51-47(46-52)48(53)42-38-34-30-26-22-14-12-10-8-6-4-2/h11,13,16,18,38,42,47-48,52-53H,3-10,12,14-15,17,19-37,39-41,43-46H2,1-2H3,(H,51,54)/b13-11-,18-16-,42-38+. The van der Waals surface area contributed by atoms with Crippen molar-refractivity contribution >= 4 is 11.9 Å². The number of esters is 1. The summed E-state index contributed by atoms with van der Waals surface area (Å²) in [5.41, 5.74) is 0. The van der Waals surface area contributed by atoms with Gasteiger partial charge in [-0.3, -0.25) is 9.59 Å². The van der Waals surface area contributed by atoms with Gasteiger partial charge in [0, 0.05) is 12.8 Å². The predicted molar refractivity (Wildman–Crippen MR) is 241 cm³/mol. The Hall–Kier alpha value is -1.92. The number of aliphatic hydroxyl groups is 2. The first kappa shape index (κ1) is 54.1. The van der Waals surface area contributed by atoms with Crippen molar-refractivity contribution in [3.63, 3.8) is 0 Å². The Balaban J connectivity index is 3.51. The number of aliphatic hydroxyl groups excluding tert-OH is 2. The molecular formula is C50H93NO5. The number of ether oxygens (including phenoxy) is 1. The normalized spacial score (nSPS) is 13.0. The lowest BCUT2D eigenvalue weighted by Crippen LogP contribution is -2.45. The highest BCUT2D eigenvalue weighted by Crippen LogP contribution is 2.14. The summed E-state index contributed by atoms with van der Waals surface area (Å²) in [5, 5.41) is 22.9. The second-order valence-corrected chi connectivity index (χ2v) is 16.4. The summed E-state index contributed by atoms with van der Waals surface area (Å²) in [4.78, 5) is 24.3. The van der Waals surface area contributed by atoms with Crippen molar-refractivity contribution in [2.45, 2.75) is 257 Å². The maximum absolute atomic E-state index is 12.4. The Labute approximate surface area is 347 Å². The maximum atomic E-state index is 12.4. The number of carbonyl (C=O) groups excluding carboxylic acids is 2. The van der Waals surface area contributed by atoms with Crippen LogP contribution in [0.2, 0.25) is 0 Å². The molecule has 0 saturated heterocycles. The zero-order chi connectivity index (χ0) is 40.8. The zero-order valence-corrected chi connectivity index (χ0v) is 37.1. The highest BCUT2D eigenvalue weighted by molar-refractivity contribution is 5.76. The Kier molecular flexibility index (Phi) is 44.2. The van der Waals surface area contributed by atoms with Crippen molar-refractivity contribution < 1.29 is 24.5 Å². The molecule has 0 aromatic rings. The van der Waals surface area contributed by atoms with Crippen LogP contribution in [-0.2, 0) is 14.3 Å². The van der Waals surface area contributed by atoms with E-state index in [1.54, 1.807) is 6.08 Å². The van der Waals surface area contributed by atoms with E-state index < -0.39 is 12.1 Å². The number of unbranched alkanes of at least 4 members (excludes halogenated alkanes) is 29. The third kappa shape index (κ3) is 41.7. The summed E-state index contributed by atoms with van der Waals surface area (Å²) in [5.74, 6) is -0.103. The van der Waals surface area contributed by atoms with Gasteiger partial charge in [0.05, 0.1) is 25.4 Å². The molecule has 0 aliphatic heterocycles. The first-order valence-electron chi connectivity index (χ1n) is 24.3. The van der Waals surface area contributed by atoms with Gasteiger partial charge in [0.2, 0.25) is 5.91 Å². The fourth-order valence-electron chi connectivity index (χ4n) is 7.09. The molecule has 0 aromatic carbocycles. The number of amides is 1. The molecule has 0 saturated carbocycles. The molecule has 0 fully saturated rings. The second kappa shape index (κ2) is 45.8. The molecule has 0 aromatic heterocycles. The highest BCUT2D eigenvalue weighted by Gasteiger charge is 2.18. The molecule has 0 spiro atoms. The van der Waals surface area contributed by atoms with Crippen LogP contribution >= 0.6 is 0 Å². The average molecular weight is 788 g/mol. The minimum atomic E-state index is -0.853. The Morgan fingerprint density at radius 2 is 0.839 bits per heavy atom. The van der Waals surface area contributed by atoms with E-state index in [1.807, 2.05) is 6.08 Å². The molecule has 2 unspecified atom stereocenters. The van der Waals surface area contributed by atoms with Crippen molar-refractivity contribution in [3.8, 4) is 0 Å². The smallest absolute Gasteiger partial charge is 0.305 e. The average Bonchev–Trinajstić information content (AvgIpc) is 3.20. The number of hydrogen-bond acceptors (Lipinski definition) is 5. The fourth-order valence-corrected chi connectivity index (χ4v) is 7.09. The van der Waals surface area contributed by atoms with E-state index in [9.17, 15) is 19.8 Å². The predicted octanol–water partition coefficient (Wildman–Crippen LogP) is 14.1. The minimum absolute atomic E-state index is 0.0150. The van der Waals surface area contributed by atoms with Crippen LogP contribution in [0, 0.1) is 0 Å². The van der Waals surface area contributed by atoms with E-state index in [0.29, 0.717) is 19.4 Å². The second-order valence-electron chi connectivity index (χ2n) is 16.4. The molecule has 0 bridgehead atoms. The molecule has 0 radical (unpaired) electrons. The molecule has 328 valence electrons. The summed E-state index contributed by atoms with van der Waals surface area (Å²) < 4.78 is 5.44. The monoisotopic (exact) mass is 788 g/mol. The van der Waals surface area contributed by atoms with Crippen LogP contribution in [0.15, 0.2) is 36.5 Å². The van der Waals surface area contributed by atoms with Gasteiger partial charge in [-0.2, -0.15) is 0 Å². The van der Waals surface area contributed by atoms with Crippen LogP contribution in [0.5, 0.6) is 0 Å². The molecule has 3 N–H and O–H groups in total. The van der Waals surface area contributed by atoms with Gasteiger partial charge in [-0.1, -0.05) is 185 Å². The van der Waals surface area contributed by atoms with Crippen LogP contribution in [0.1, 0.15) is 245 Å². The van der Waals surface area contributed by atoms with Crippen LogP contribution in [-0.4, -0.2) is 47.4 Å². The lowest BCUT2D eigenvalue weighted by atomic mass is 10.1. The number of rotatable bonds is 44. The molecule has 0 aliphatic rings. The summed E-state index contributed by atoms with van der Waals surface area (Å²) >= 11 is 0. The van der Waals surface area contributed by atoms with Gasteiger partial charge in [-0.25, -0.2) is 0 Å². The number of carbonyl (C=O) groups is 2. The topological polar surface area (TPSA) is 95.9 Å². The third-order valence-corrected chi connectivity index (χ3v) is 10.9. The molecule has 2 atom stereocenters. The maximum Gasteiger partial charge on any atom is 0.305 e. The van der Waals surface area contributed by atoms with Crippen LogP contribution in [0.25, 0.3) is 0 Å². The van der Waals surface area contributed by atoms with Crippen molar-refractivity contribution in [1.29, 1.82) is 0 Å². The van der Waals surface area contributed by atoms with E-state index in [0.717, 1.165) is 64.2 Å². The van der Waals surface area contributed by atoms with Crippen molar-refractivity contribution in [3.05, 3.63) is 36.5 Å². The lowest BCUT2D eigenvalue weighted by molar-refractivity contribution is -0.143. The van der Waals surface area contributed by atoms with Crippen LogP contribution in [0.3, 0.4) is 0 Å². The van der Waals surface area contributed by atoms with Gasteiger partial charge >= 0.3 is 5.97 Å². The first-order valence-corrected chi connectivity index (χ1v) is 24.3. The van der Waals surface area contributed by atoms with Gasteiger partial charge in [-0.15, -0.1) is 0 Å². The van der Waals surface area contributed by atoms with Crippen molar-refractivity contribution in [2.24, 2.45) is 0 Å². The molecular weight excluding hydrogens is 695 g/mol. The fraction of sp³-hybridized carbons (Fsp3) is 0.840. The minimum Gasteiger partial charge on any atom is -0.466 e. The molecule has 0 heterocycles. The van der Waals surface area contributed by atoms with Gasteiger partial charge < -0.3 is 20.3 Å². The van der Waals surface area contributed by atoms with Crippen molar-refractivity contribution in [1.82, 2.24) is 5.32 Å². The van der Waals surface area contributed by atoms with Gasteiger partial charge in [0.25, 0.3) is 0 Å². The number of hydrogen-bond donors (Lipinski definition) is 3. The van der Waals surface area contributed by atoms with E-state index in [-0.39, 0.29) is 18.5 Å². The third-order valence-electron chi connectivity index (χ3n) is 10.9. The Morgan fingerprint density at radius 1 is 0.482 bits per heavy atom. The molecule has 6 heteroatoms. The van der Waals surface area contributed by atoms with Crippen molar-refractivity contribution in [2.75, 3.05) is 13.2 Å². The Morgan fingerprint density at radius 3 is 1.30 bits per heavy atom. The summed E-state index contributed by atoms with van der Waals surface area (Å²) in [6.07, 6.45) is 54.2. The van der Waals surface area contributed by atoms with E-state index in [4.69, 9.17) is 4.74 Å². The van der Waals surface area contributed by atoms with E-state index in [1.165, 1.54) is 154 Å². The summed E-state index contributed by atoms with van der Waals surface area (Å²) in [6.45, 7) is 4.82. The van der Waals surface area contributed by atoms with Gasteiger partial charge in [-0.05, 0) is 83.5 Å². The molecule has 1 amide bonds. The van der Waals surface area contributed by atoms with E-state index in [2.05, 4.69) is 43.5 Å². The largest absolute Gasteiger partial charge is 0.466 e. The zero-order valence-electron chi connectivity index (χ0n) is 37.1. The number of allylic oxidation sites excluding steroid dienone is 5. The van der Waals surface area contributed by atoms with E-state index >= 15 is 0 Å². The quantitative estimate of drug-likeness (QED) is 0.0325. The molecule has 0 aliphatic carbocycles. The van der Waals surface area contributed by atoms with Gasteiger partial charge in [0.15, 0.2) is 0 Å². The molecule has 6 nitrogen and oxygen atoms in total. The highest BCUT2D eigenvalue weighted by atomic mass is 16.5. The lowest BCUT2D eigenvalue weighted by Gasteiger charge is -2.20. The number of nitrogens with one attached hydrogen (secondary N) is 1.